The molecule has 114 valence electrons. The first-order valence-corrected chi connectivity index (χ1v) is 6.63. The highest BCUT2D eigenvalue weighted by atomic mass is 35.5. The summed E-state index contributed by atoms with van der Waals surface area (Å²) in [6, 6.07) is 0. The van der Waals surface area contributed by atoms with E-state index in [4.69, 9.17) is 26.2 Å². The third kappa shape index (κ3) is 2.16. The van der Waals surface area contributed by atoms with Crippen LogP contribution < -0.4 is 4.74 Å². The van der Waals surface area contributed by atoms with Crippen molar-refractivity contribution in [2.24, 2.45) is 0 Å². The third-order valence-electron chi connectivity index (χ3n) is 3.51. The van der Waals surface area contributed by atoms with Crippen LogP contribution in [0.2, 0.25) is 5.02 Å². The maximum absolute atomic E-state index is 10.1. The monoisotopic (exact) mass is 315 g/mol. The van der Waals surface area contributed by atoms with Gasteiger partial charge in [-0.2, -0.15) is 0 Å². The smallest absolute Gasteiger partial charge is 0.227 e. The van der Waals surface area contributed by atoms with Crippen LogP contribution in [0.3, 0.4) is 0 Å². The van der Waals surface area contributed by atoms with Crippen LogP contribution in [0.15, 0.2) is 12.5 Å². The highest BCUT2D eigenvalue weighted by molar-refractivity contribution is 6.35. The van der Waals surface area contributed by atoms with Crippen molar-refractivity contribution in [1.82, 2.24) is 14.5 Å². The highest BCUT2D eigenvalue weighted by Gasteiger charge is 2.44. The quantitative estimate of drug-likeness (QED) is 0.713. The van der Waals surface area contributed by atoms with E-state index in [9.17, 15) is 10.2 Å². The molecular formula is C12H14ClN3O5. The first-order valence-electron chi connectivity index (χ1n) is 6.26. The zero-order valence-electron chi connectivity index (χ0n) is 11.0. The first-order chi connectivity index (χ1) is 10.1. The SMILES string of the molecule is COc1ncnc2c1c(Cl)cn2C1O[C@H](CO)[C@@H](O)[C@H]1O. The maximum atomic E-state index is 10.1. The number of aliphatic hydroxyl groups excluding tert-OH is 3. The lowest BCUT2D eigenvalue weighted by Gasteiger charge is -2.17. The van der Waals surface area contributed by atoms with Crippen molar-refractivity contribution in [3.05, 3.63) is 17.5 Å². The molecule has 0 aromatic carbocycles. The summed E-state index contributed by atoms with van der Waals surface area (Å²) in [5.41, 5.74) is 0.404. The molecule has 21 heavy (non-hydrogen) atoms. The lowest BCUT2D eigenvalue weighted by atomic mass is 10.1. The molecule has 1 aliphatic rings. The van der Waals surface area contributed by atoms with Gasteiger partial charge in [0.2, 0.25) is 5.88 Å². The Balaban J connectivity index is 2.10. The van der Waals surface area contributed by atoms with Gasteiger partial charge in [-0.1, -0.05) is 11.6 Å². The average Bonchev–Trinajstić information content (AvgIpc) is 2.98. The largest absolute Gasteiger partial charge is 0.480 e. The molecule has 1 saturated heterocycles. The molecule has 0 bridgehead atoms. The molecule has 0 saturated carbocycles. The number of methoxy groups -OCH3 is 1. The minimum atomic E-state index is -1.21. The second-order valence-corrected chi connectivity index (χ2v) is 5.10. The first kappa shape index (κ1) is 14.5. The van der Waals surface area contributed by atoms with E-state index in [1.54, 1.807) is 0 Å². The summed E-state index contributed by atoms with van der Waals surface area (Å²) in [6.45, 7) is -0.403. The van der Waals surface area contributed by atoms with Gasteiger partial charge in [0, 0.05) is 6.20 Å². The van der Waals surface area contributed by atoms with Crippen LogP contribution in [0.1, 0.15) is 6.23 Å². The molecule has 0 radical (unpaired) electrons. The number of aliphatic hydroxyl groups is 3. The summed E-state index contributed by atoms with van der Waals surface area (Å²) in [6.07, 6.45) is -1.37. The Morgan fingerprint density at radius 3 is 2.76 bits per heavy atom. The van der Waals surface area contributed by atoms with Crippen LogP contribution in [0.4, 0.5) is 0 Å². The molecule has 4 atom stereocenters. The van der Waals surface area contributed by atoms with Crippen LogP contribution in [0, 0.1) is 0 Å². The Hall–Kier alpha value is -1.45. The molecule has 2 aromatic rings. The number of rotatable bonds is 3. The van der Waals surface area contributed by atoms with Gasteiger partial charge in [0.1, 0.15) is 24.6 Å². The van der Waals surface area contributed by atoms with E-state index in [1.165, 1.54) is 24.2 Å². The number of ether oxygens (including phenoxy) is 2. The Kier molecular flexibility index (Phi) is 3.72. The lowest BCUT2D eigenvalue weighted by Crippen LogP contribution is -2.33. The fourth-order valence-corrected chi connectivity index (χ4v) is 2.74. The van der Waals surface area contributed by atoms with Crippen LogP contribution in [0.25, 0.3) is 11.0 Å². The summed E-state index contributed by atoms with van der Waals surface area (Å²) in [4.78, 5) is 8.09. The van der Waals surface area contributed by atoms with Gasteiger partial charge in [0.05, 0.1) is 24.1 Å². The zero-order valence-corrected chi connectivity index (χ0v) is 11.8. The van der Waals surface area contributed by atoms with Gasteiger partial charge in [-0.3, -0.25) is 0 Å². The van der Waals surface area contributed by atoms with Gasteiger partial charge in [0.15, 0.2) is 11.9 Å². The average molecular weight is 316 g/mol. The summed E-state index contributed by atoms with van der Waals surface area (Å²) >= 11 is 6.16. The topological polar surface area (TPSA) is 110 Å². The van der Waals surface area contributed by atoms with Crippen molar-refractivity contribution in [1.29, 1.82) is 0 Å². The fourth-order valence-electron chi connectivity index (χ4n) is 2.47. The molecule has 0 amide bonds. The Labute approximate surface area is 124 Å². The number of aromatic nitrogens is 3. The van der Waals surface area contributed by atoms with Crippen LogP contribution in [0.5, 0.6) is 5.88 Å². The molecule has 3 rings (SSSR count). The van der Waals surface area contributed by atoms with Crippen molar-refractivity contribution >= 4 is 22.6 Å². The van der Waals surface area contributed by atoms with Gasteiger partial charge in [-0.05, 0) is 0 Å². The Morgan fingerprint density at radius 2 is 2.14 bits per heavy atom. The van der Waals surface area contributed by atoms with E-state index in [0.717, 1.165) is 0 Å². The molecule has 8 nitrogen and oxygen atoms in total. The van der Waals surface area contributed by atoms with Gasteiger partial charge in [-0.25, -0.2) is 9.97 Å². The van der Waals surface area contributed by atoms with E-state index in [-0.39, 0.29) is 0 Å². The summed E-state index contributed by atoms with van der Waals surface area (Å²) in [5.74, 6) is 0.301. The second-order valence-electron chi connectivity index (χ2n) is 4.69. The van der Waals surface area contributed by atoms with Crippen molar-refractivity contribution in [3.63, 3.8) is 0 Å². The normalized spacial score (nSPS) is 29.2. The summed E-state index contributed by atoms with van der Waals surface area (Å²) in [5, 5.41) is 29.9. The molecule has 3 N–H and O–H groups in total. The molecule has 0 spiro atoms. The summed E-state index contributed by atoms with van der Waals surface area (Å²) in [7, 11) is 1.46. The predicted molar refractivity (Wildman–Crippen MR) is 72.1 cm³/mol. The molecule has 9 heteroatoms. The van der Waals surface area contributed by atoms with Gasteiger partial charge < -0.3 is 29.4 Å². The van der Waals surface area contributed by atoms with E-state index in [1.807, 2.05) is 0 Å². The number of fused-ring (bicyclic) bond motifs is 1. The molecule has 0 aliphatic carbocycles. The summed E-state index contributed by atoms with van der Waals surface area (Å²) < 4.78 is 12.1. The minimum absolute atomic E-state index is 0.301. The minimum Gasteiger partial charge on any atom is -0.480 e. The Morgan fingerprint density at radius 1 is 1.38 bits per heavy atom. The highest BCUT2D eigenvalue weighted by Crippen LogP contribution is 2.37. The zero-order chi connectivity index (χ0) is 15.1. The molecule has 1 aliphatic heterocycles. The van der Waals surface area contributed by atoms with Crippen molar-refractivity contribution in [2.45, 2.75) is 24.5 Å². The number of hydrogen-bond donors (Lipinski definition) is 3. The lowest BCUT2D eigenvalue weighted by molar-refractivity contribution is -0.0508. The number of hydrogen-bond acceptors (Lipinski definition) is 7. The van der Waals surface area contributed by atoms with Gasteiger partial charge in [0.25, 0.3) is 0 Å². The van der Waals surface area contributed by atoms with Crippen LogP contribution in [-0.2, 0) is 4.74 Å². The molecule has 1 fully saturated rings. The van der Waals surface area contributed by atoms with Crippen molar-refractivity contribution < 1.29 is 24.8 Å². The Bertz CT molecular complexity index is 664. The van der Waals surface area contributed by atoms with Gasteiger partial charge >= 0.3 is 0 Å². The molecular weight excluding hydrogens is 302 g/mol. The standard InChI is InChI=1S/C12H14ClN3O5/c1-20-11-7-5(13)2-16(10(7)14-4-15-11)12-9(19)8(18)6(3-17)21-12/h2,4,6,8-9,12,17-19H,3H2,1H3/t6-,8-,9-,12?/m1/s1. The van der Waals surface area contributed by atoms with Crippen LogP contribution >= 0.6 is 11.6 Å². The van der Waals surface area contributed by atoms with E-state index in [2.05, 4.69) is 9.97 Å². The molecule has 3 heterocycles. The van der Waals surface area contributed by atoms with E-state index < -0.39 is 31.1 Å². The predicted octanol–water partition coefficient (Wildman–Crippen LogP) is -0.295. The third-order valence-corrected chi connectivity index (χ3v) is 3.80. The fraction of sp³-hybridized carbons (Fsp3) is 0.500. The molecule has 2 aromatic heterocycles. The number of nitrogens with zero attached hydrogens (tertiary/aromatic N) is 3. The maximum Gasteiger partial charge on any atom is 0.227 e. The van der Waals surface area contributed by atoms with Crippen molar-refractivity contribution in [2.75, 3.05) is 13.7 Å². The number of halogens is 1. The van der Waals surface area contributed by atoms with Crippen LogP contribution in [-0.4, -0.2) is 61.9 Å². The van der Waals surface area contributed by atoms with E-state index in [0.29, 0.717) is 21.9 Å². The van der Waals surface area contributed by atoms with Crippen molar-refractivity contribution in [3.8, 4) is 5.88 Å². The molecule has 1 unspecified atom stereocenters. The van der Waals surface area contributed by atoms with Gasteiger partial charge in [-0.15, -0.1) is 0 Å². The van der Waals surface area contributed by atoms with E-state index >= 15 is 0 Å². The second kappa shape index (κ2) is 5.39.